The van der Waals surface area contributed by atoms with Crippen LogP contribution in [0.25, 0.3) is 0 Å². The van der Waals surface area contributed by atoms with E-state index >= 15 is 0 Å². The van der Waals surface area contributed by atoms with Gasteiger partial charge < -0.3 is 31.5 Å². The number of nitrogens with two attached hydrogens (primary N) is 1. The second-order valence-electron chi connectivity index (χ2n) is 6.82. The molecule has 0 aliphatic carbocycles. The van der Waals surface area contributed by atoms with Gasteiger partial charge in [-0.05, 0) is 31.3 Å². The minimum atomic E-state index is -1.31. The van der Waals surface area contributed by atoms with Gasteiger partial charge in [-0.3, -0.25) is 19.2 Å². The van der Waals surface area contributed by atoms with Crippen LogP contribution in [-0.4, -0.2) is 93.2 Å². The summed E-state index contributed by atoms with van der Waals surface area (Å²) >= 11 is 5.36. The Morgan fingerprint density at radius 1 is 1.20 bits per heavy atom. The maximum absolute atomic E-state index is 13.1. The predicted octanol–water partition coefficient (Wildman–Crippen LogP) is -1.48. The number of carboxylic acid groups (broad SMARTS) is 2. The molecule has 1 aliphatic rings. The number of carboxylic acids is 2. The highest BCUT2D eigenvalue weighted by Crippen LogP contribution is 2.20. The van der Waals surface area contributed by atoms with Crippen molar-refractivity contribution >= 4 is 54.1 Å². The normalized spacial score (nSPS) is 18.9. The van der Waals surface area contributed by atoms with Crippen LogP contribution in [0.3, 0.4) is 0 Å². The zero-order chi connectivity index (χ0) is 22.8. The van der Waals surface area contributed by atoms with E-state index < -0.39 is 60.2 Å². The highest BCUT2D eigenvalue weighted by molar-refractivity contribution is 7.98. The van der Waals surface area contributed by atoms with Gasteiger partial charge in [0.1, 0.15) is 18.1 Å². The summed E-state index contributed by atoms with van der Waals surface area (Å²) in [5, 5.41) is 22.7. The summed E-state index contributed by atoms with van der Waals surface area (Å²) in [6, 6.07) is -4.32. The molecule has 6 N–H and O–H groups in total. The number of carbonyl (C=O) groups excluding carboxylic acids is 3. The predicted molar refractivity (Wildman–Crippen MR) is 113 cm³/mol. The minimum Gasteiger partial charge on any atom is -0.481 e. The lowest BCUT2D eigenvalue weighted by Crippen LogP contribution is -2.57. The van der Waals surface area contributed by atoms with E-state index in [9.17, 15) is 24.0 Å². The number of thioether (sulfide) groups is 1. The van der Waals surface area contributed by atoms with E-state index in [1.165, 1.54) is 16.7 Å². The summed E-state index contributed by atoms with van der Waals surface area (Å²) in [6.07, 6.45) is 2.42. The van der Waals surface area contributed by atoms with Crippen LogP contribution in [0.15, 0.2) is 0 Å². The fraction of sp³-hybridized carbons (Fsp3) is 0.706. The number of nitrogens with one attached hydrogen (secondary N) is 2. The van der Waals surface area contributed by atoms with Crippen LogP contribution in [0.2, 0.25) is 0 Å². The summed E-state index contributed by atoms with van der Waals surface area (Å²) in [6.45, 7) is 0.280. The number of likely N-dealkylation sites (tertiary alicyclic amines) is 1. The van der Waals surface area contributed by atoms with Crippen molar-refractivity contribution in [2.24, 2.45) is 5.73 Å². The van der Waals surface area contributed by atoms with Crippen molar-refractivity contribution in [2.75, 3.05) is 24.3 Å². The van der Waals surface area contributed by atoms with Crippen LogP contribution in [-0.2, 0) is 24.0 Å². The third-order valence-corrected chi connectivity index (χ3v) is 5.60. The fourth-order valence-electron chi connectivity index (χ4n) is 3.01. The molecule has 30 heavy (non-hydrogen) atoms. The Labute approximate surface area is 183 Å². The number of amides is 3. The molecule has 1 aliphatic heterocycles. The lowest BCUT2D eigenvalue weighted by molar-refractivity contribution is -0.144. The van der Waals surface area contributed by atoms with Crippen LogP contribution in [0.1, 0.15) is 25.7 Å². The molecule has 13 heteroatoms. The number of rotatable bonds is 12. The largest absolute Gasteiger partial charge is 0.481 e. The molecule has 1 rings (SSSR count). The lowest BCUT2D eigenvalue weighted by Gasteiger charge is -2.29. The number of hydrogen-bond donors (Lipinski definition) is 6. The molecule has 1 saturated heterocycles. The Morgan fingerprint density at radius 2 is 1.87 bits per heavy atom. The lowest BCUT2D eigenvalue weighted by atomic mass is 10.1. The topological polar surface area (TPSA) is 179 Å². The monoisotopic (exact) mass is 464 g/mol. The van der Waals surface area contributed by atoms with E-state index in [1.54, 1.807) is 0 Å². The van der Waals surface area contributed by atoms with Crippen molar-refractivity contribution in [2.45, 2.75) is 49.9 Å². The van der Waals surface area contributed by atoms with Gasteiger partial charge in [0.05, 0.1) is 12.5 Å². The molecule has 3 amide bonds. The minimum absolute atomic E-state index is 0.102. The SMILES string of the molecule is CSCCC(NC(=O)C(N)CC(=O)O)C(=O)N1CCCC1C(=O)NC(CS)C(=O)O. The van der Waals surface area contributed by atoms with E-state index in [1.807, 2.05) is 6.26 Å². The third-order valence-electron chi connectivity index (χ3n) is 4.59. The van der Waals surface area contributed by atoms with Gasteiger partial charge in [0.15, 0.2) is 0 Å². The number of carbonyl (C=O) groups is 5. The fourth-order valence-corrected chi connectivity index (χ4v) is 3.73. The van der Waals surface area contributed by atoms with Crippen LogP contribution >= 0.6 is 24.4 Å². The molecule has 11 nitrogen and oxygen atoms in total. The second-order valence-corrected chi connectivity index (χ2v) is 8.17. The van der Waals surface area contributed by atoms with Gasteiger partial charge in [0.2, 0.25) is 17.7 Å². The van der Waals surface area contributed by atoms with E-state index in [0.29, 0.717) is 18.6 Å². The molecular weight excluding hydrogens is 436 g/mol. The van der Waals surface area contributed by atoms with Crippen molar-refractivity contribution in [1.82, 2.24) is 15.5 Å². The highest BCUT2D eigenvalue weighted by atomic mass is 32.2. The van der Waals surface area contributed by atoms with Crippen molar-refractivity contribution in [3.05, 3.63) is 0 Å². The second kappa shape index (κ2) is 12.6. The molecule has 4 unspecified atom stereocenters. The molecule has 1 fully saturated rings. The molecular formula is C17H28N4O7S2. The van der Waals surface area contributed by atoms with Gasteiger partial charge in [0.25, 0.3) is 0 Å². The summed E-state index contributed by atoms with van der Waals surface area (Å²) < 4.78 is 0. The van der Waals surface area contributed by atoms with E-state index in [0.717, 1.165) is 0 Å². The highest BCUT2D eigenvalue weighted by Gasteiger charge is 2.38. The summed E-state index contributed by atoms with van der Waals surface area (Å²) in [7, 11) is 0. The van der Waals surface area contributed by atoms with Crippen LogP contribution < -0.4 is 16.4 Å². The Bertz CT molecular complexity index is 664. The number of aliphatic carboxylic acids is 2. The van der Waals surface area contributed by atoms with Crippen molar-refractivity contribution < 1.29 is 34.2 Å². The molecule has 170 valence electrons. The van der Waals surface area contributed by atoms with E-state index in [4.69, 9.17) is 15.9 Å². The summed E-state index contributed by atoms with van der Waals surface area (Å²) in [5.74, 6) is -3.88. The van der Waals surface area contributed by atoms with Crippen molar-refractivity contribution in [3.8, 4) is 0 Å². The van der Waals surface area contributed by atoms with Crippen LogP contribution in [0, 0.1) is 0 Å². The zero-order valence-corrected chi connectivity index (χ0v) is 18.3. The van der Waals surface area contributed by atoms with E-state index in [-0.39, 0.29) is 18.7 Å². The molecule has 0 spiro atoms. The van der Waals surface area contributed by atoms with Gasteiger partial charge in [-0.25, -0.2) is 4.79 Å². The van der Waals surface area contributed by atoms with Crippen LogP contribution in [0.5, 0.6) is 0 Å². The summed E-state index contributed by atoms with van der Waals surface area (Å²) in [5.41, 5.74) is 5.57. The third kappa shape index (κ3) is 7.69. The van der Waals surface area contributed by atoms with Gasteiger partial charge in [-0.2, -0.15) is 24.4 Å². The zero-order valence-electron chi connectivity index (χ0n) is 16.6. The maximum Gasteiger partial charge on any atom is 0.327 e. The quantitative estimate of drug-likeness (QED) is 0.188. The number of nitrogens with zero attached hydrogens (tertiary/aromatic N) is 1. The standard InChI is InChI=1S/C17H28N4O7S2/c1-30-6-4-10(19-14(24)9(18)7-13(22)23)16(26)21-5-2-3-12(21)15(25)20-11(8-29)17(27)28/h9-12,29H,2-8,18H2,1H3,(H,19,24)(H,20,25)(H,22,23)(H,27,28). The Kier molecular flexibility index (Phi) is 11.0. The first-order valence-corrected chi connectivity index (χ1v) is 11.4. The van der Waals surface area contributed by atoms with Crippen molar-refractivity contribution in [1.29, 1.82) is 0 Å². The van der Waals surface area contributed by atoms with Gasteiger partial charge in [0, 0.05) is 12.3 Å². The Morgan fingerprint density at radius 3 is 2.40 bits per heavy atom. The Balaban J connectivity index is 2.90. The van der Waals surface area contributed by atoms with E-state index in [2.05, 4.69) is 23.3 Å². The van der Waals surface area contributed by atoms with Gasteiger partial charge in [-0.15, -0.1) is 0 Å². The first-order valence-electron chi connectivity index (χ1n) is 9.33. The van der Waals surface area contributed by atoms with Gasteiger partial charge >= 0.3 is 11.9 Å². The average molecular weight is 465 g/mol. The first-order chi connectivity index (χ1) is 14.1. The summed E-state index contributed by atoms with van der Waals surface area (Å²) in [4.78, 5) is 61.0. The Hall–Kier alpha value is -1.99. The number of hydrogen-bond acceptors (Lipinski definition) is 8. The van der Waals surface area contributed by atoms with Crippen molar-refractivity contribution in [3.63, 3.8) is 0 Å². The molecule has 4 atom stereocenters. The molecule has 0 aromatic heterocycles. The molecule has 0 radical (unpaired) electrons. The average Bonchev–Trinajstić information content (AvgIpc) is 3.17. The first kappa shape index (κ1) is 26.0. The molecule has 0 saturated carbocycles. The number of thiol groups is 1. The molecule has 0 bridgehead atoms. The van der Waals surface area contributed by atoms with Gasteiger partial charge in [-0.1, -0.05) is 0 Å². The van der Waals surface area contributed by atoms with Crippen LogP contribution in [0.4, 0.5) is 0 Å². The maximum atomic E-state index is 13.1. The smallest absolute Gasteiger partial charge is 0.327 e. The molecule has 0 aromatic rings. The molecule has 1 heterocycles. The molecule has 0 aromatic carbocycles.